The molecule has 0 saturated carbocycles. The minimum absolute atomic E-state index is 0. The number of aliphatic hydroxyl groups excluding tert-OH is 1. The van der Waals surface area contributed by atoms with Crippen molar-refractivity contribution >= 4 is 24.8 Å². The molecule has 1 rings (SSSR count). The Morgan fingerprint density at radius 1 is 1.20 bits per heavy atom. The van der Waals surface area contributed by atoms with E-state index in [1.54, 1.807) is 13.1 Å². The van der Waals surface area contributed by atoms with Crippen LogP contribution in [0.2, 0.25) is 0 Å². The van der Waals surface area contributed by atoms with Gasteiger partial charge in [-0.25, -0.2) is 0 Å². The first-order chi connectivity index (χ1) is 6.15. The number of rotatable bonds is 3. The Labute approximate surface area is 101 Å². The van der Waals surface area contributed by atoms with E-state index in [-0.39, 0.29) is 36.3 Å². The molecule has 1 aromatic rings. The maximum atomic E-state index is 9.48. The van der Waals surface area contributed by atoms with Crippen molar-refractivity contribution in [1.82, 2.24) is 5.32 Å². The van der Waals surface area contributed by atoms with Crippen LogP contribution in [0.3, 0.4) is 0 Å². The lowest BCUT2D eigenvalue weighted by atomic mass is 10.1. The molecule has 0 aliphatic heterocycles. The van der Waals surface area contributed by atoms with Crippen LogP contribution in [0.15, 0.2) is 18.2 Å². The first-order valence-electron chi connectivity index (χ1n) is 3.99. The molecular weight excluding hydrogens is 241 g/mol. The zero-order valence-corrected chi connectivity index (χ0v) is 9.81. The third-order valence-corrected chi connectivity index (χ3v) is 1.78. The number of benzene rings is 1. The first-order valence-corrected chi connectivity index (χ1v) is 3.99. The monoisotopic (exact) mass is 255 g/mol. The van der Waals surface area contributed by atoms with Crippen LogP contribution < -0.4 is 5.32 Å². The molecule has 0 unspecified atom stereocenters. The molecule has 4 N–H and O–H groups in total. The molecule has 0 spiro atoms. The predicted molar refractivity (Wildman–Crippen MR) is 63.2 cm³/mol. The summed E-state index contributed by atoms with van der Waals surface area (Å²) in [5, 5.41) is 30.4. The van der Waals surface area contributed by atoms with Crippen molar-refractivity contribution < 1.29 is 15.3 Å². The maximum Gasteiger partial charge on any atom is 0.157 e. The normalized spacial score (nSPS) is 11.1. The van der Waals surface area contributed by atoms with Gasteiger partial charge in [0.25, 0.3) is 0 Å². The second-order valence-electron chi connectivity index (χ2n) is 2.82. The van der Waals surface area contributed by atoms with Gasteiger partial charge < -0.3 is 20.6 Å². The highest BCUT2D eigenvalue weighted by Gasteiger charge is 2.08. The van der Waals surface area contributed by atoms with Crippen LogP contribution in [-0.4, -0.2) is 28.9 Å². The summed E-state index contributed by atoms with van der Waals surface area (Å²) in [6.45, 7) is 0.407. The van der Waals surface area contributed by atoms with Crippen LogP contribution in [0.4, 0.5) is 0 Å². The maximum absolute atomic E-state index is 9.48. The average Bonchev–Trinajstić information content (AvgIpc) is 2.10. The van der Waals surface area contributed by atoms with Crippen LogP contribution >= 0.6 is 24.8 Å². The summed E-state index contributed by atoms with van der Waals surface area (Å²) in [6, 6.07) is 4.26. The summed E-state index contributed by atoms with van der Waals surface area (Å²) in [5.41, 5.74) is 0.574. The molecule has 4 nitrogen and oxygen atoms in total. The molecule has 15 heavy (non-hydrogen) atoms. The van der Waals surface area contributed by atoms with E-state index in [2.05, 4.69) is 5.32 Å². The molecule has 1 atom stereocenters. The van der Waals surface area contributed by atoms with E-state index < -0.39 is 6.10 Å². The summed E-state index contributed by atoms with van der Waals surface area (Å²) in [7, 11) is 1.73. The summed E-state index contributed by atoms with van der Waals surface area (Å²) >= 11 is 0. The fourth-order valence-electron chi connectivity index (χ4n) is 1.06. The fourth-order valence-corrected chi connectivity index (χ4v) is 1.06. The van der Waals surface area contributed by atoms with Crippen molar-refractivity contribution in [3.05, 3.63) is 23.8 Å². The molecule has 0 bridgehead atoms. The van der Waals surface area contributed by atoms with Crippen molar-refractivity contribution in [2.24, 2.45) is 0 Å². The Morgan fingerprint density at radius 3 is 2.27 bits per heavy atom. The van der Waals surface area contributed by atoms with E-state index in [0.717, 1.165) is 0 Å². The molecule has 0 aliphatic rings. The zero-order chi connectivity index (χ0) is 9.84. The number of aromatic hydroxyl groups is 2. The SMILES string of the molecule is CNC[C@H](O)c1ccc(O)c(O)c1.Cl.Cl. The van der Waals surface area contributed by atoms with Gasteiger partial charge in [0.2, 0.25) is 0 Å². The predicted octanol–water partition coefficient (Wildman–Crippen LogP) is 1.19. The van der Waals surface area contributed by atoms with E-state index in [1.165, 1.54) is 12.1 Å². The Bertz CT molecular complexity index is 297. The smallest absolute Gasteiger partial charge is 0.157 e. The van der Waals surface area contributed by atoms with Gasteiger partial charge in [-0.05, 0) is 24.7 Å². The number of aliphatic hydroxyl groups is 1. The van der Waals surface area contributed by atoms with Gasteiger partial charge in [-0.3, -0.25) is 0 Å². The highest BCUT2D eigenvalue weighted by molar-refractivity contribution is 5.85. The minimum Gasteiger partial charge on any atom is -0.504 e. The molecule has 88 valence electrons. The summed E-state index contributed by atoms with van der Waals surface area (Å²) in [4.78, 5) is 0. The Morgan fingerprint density at radius 2 is 1.80 bits per heavy atom. The van der Waals surface area contributed by atoms with Crippen molar-refractivity contribution in [2.45, 2.75) is 6.10 Å². The lowest BCUT2D eigenvalue weighted by molar-refractivity contribution is 0.177. The second-order valence-corrected chi connectivity index (χ2v) is 2.82. The third kappa shape index (κ3) is 4.57. The van der Waals surface area contributed by atoms with Crippen LogP contribution in [0.25, 0.3) is 0 Å². The van der Waals surface area contributed by atoms with E-state index in [0.29, 0.717) is 12.1 Å². The second kappa shape index (κ2) is 7.59. The molecule has 0 amide bonds. The van der Waals surface area contributed by atoms with Crippen molar-refractivity contribution in [3.8, 4) is 11.5 Å². The molecule has 0 radical (unpaired) electrons. The third-order valence-electron chi connectivity index (χ3n) is 1.78. The summed E-state index contributed by atoms with van der Waals surface area (Å²) in [5.74, 6) is -0.395. The first kappa shape index (κ1) is 16.7. The van der Waals surface area contributed by atoms with Crippen molar-refractivity contribution in [3.63, 3.8) is 0 Å². The fraction of sp³-hybridized carbons (Fsp3) is 0.333. The van der Waals surface area contributed by atoms with Gasteiger partial charge in [-0.1, -0.05) is 6.07 Å². The molecular formula is C9H15Cl2NO3. The van der Waals surface area contributed by atoms with Gasteiger partial charge in [0, 0.05) is 6.54 Å². The Kier molecular flexibility index (Phi) is 8.47. The highest BCUT2D eigenvalue weighted by atomic mass is 35.5. The minimum atomic E-state index is -0.670. The molecule has 0 aromatic heterocycles. The van der Waals surface area contributed by atoms with Crippen molar-refractivity contribution in [1.29, 1.82) is 0 Å². The van der Waals surface area contributed by atoms with Gasteiger partial charge in [-0.15, -0.1) is 24.8 Å². The van der Waals surface area contributed by atoms with Crippen LogP contribution in [0, 0.1) is 0 Å². The quantitative estimate of drug-likeness (QED) is 0.613. The number of hydrogen-bond donors (Lipinski definition) is 4. The molecule has 0 heterocycles. The average molecular weight is 256 g/mol. The molecule has 0 saturated heterocycles. The van der Waals surface area contributed by atoms with Gasteiger partial charge in [0.05, 0.1) is 6.10 Å². The van der Waals surface area contributed by atoms with E-state index in [9.17, 15) is 5.11 Å². The van der Waals surface area contributed by atoms with E-state index >= 15 is 0 Å². The number of phenols is 2. The van der Waals surface area contributed by atoms with Crippen LogP contribution in [0.1, 0.15) is 11.7 Å². The molecule has 1 aromatic carbocycles. The van der Waals surface area contributed by atoms with Crippen molar-refractivity contribution in [2.75, 3.05) is 13.6 Å². The lowest BCUT2D eigenvalue weighted by Crippen LogP contribution is -2.16. The highest BCUT2D eigenvalue weighted by Crippen LogP contribution is 2.27. The van der Waals surface area contributed by atoms with Crippen LogP contribution in [0.5, 0.6) is 11.5 Å². The van der Waals surface area contributed by atoms with Gasteiger partial charge in [0.1, 0.15) is 0 Å². The number of phenolic OH excluding ortho intramolecular Hbond substituents is 2. The number of hydrogen-bond acceptors (Lipinski definition) is 4. The lowest BCUT2D eigenvalue weighted by Gasteiger charge is -2.10. The van der Waals surface area contributed by atoms with E-state index in [1.807, 2.05) is 0 Å². The molecule has 0 aliphatic carbocycles. The van der Waals surface area contributed by atoms with E-state index in [4.69, 9.17) is 10.2 Å². The number of nitrogens with one attached hydrogen (secondary N) is 1. The Balaban J connectivity index is 0. The molecule has 0 fully saturated rings. The summed E-state index contributed by atoms with van der Waals surface area (Å²) in [6.07, 6.45) is -0.670. The van der Waals surface area contributed by atoms with Gasteiger partial charge in [-0.2, -0.15) is 0 Å². The summed E-state index contributed by atoms with van der Waals surface area (Å²) < 4.78 is 0. The standard InChI is InChI=1S/C9H13NO3.2ClH/c1-10-5-9(13)6-2-3-7(11)8(12)4-6;;/h2-4,9-13H,5H2,1H3;2*1H/t9-;;/m0../s1. The topological polar surface area (TPSA) is 72.7 Å². The largest absolute Gasteiger partial charge is 0.504 e. The number of halogens is 2. The molecule has 6 heteroatoms. The van der Waals surface area contributed by atoms with Gasteiger partial charge in [0.15, 0.2) is 11.5 Å². The number of likely N-dealkylation sites (N-methyl/N-ethyl adjacent to an activating group) is 1. The van der Waals surface area contributed by atoms with Crippen LogP contribution in [-0.2, 0) is 0 Å². The zero-order valence-electron chi connectivity index (χ0n) is 8.17. The Hall–Kier alpha value is -0.680. The van der Waals surface area contributed by atoms with Gasteiger partial charge >= 0.3 is 0 Å².